The molecule has 1 aromatic rings. The summed E-state index contributed by atoms with van der Waals surface area (Å²) in [5.41, 5.74) is 0. The number of nitrogens with zero attached hydrogens (tertiary/aromatic N) is 5. The van der Waals surface area contributed by atoms with E-state index in [0.29, 0.717) is 38.0 Å². The molecule has 160 valence electrons. The number of amides is 2. The third-order valence-electron chi connectivity index (χ3n) is 5.71. The van der Waals surface area contributed by atoms with Crippen LogP contribution in [0.15, 0.2) is 12.4 Å². The monoisotopic (exact) mass is 407 g/mol. The normalized spacial score (nSPS) is 24.2. The van der Waals surface area contributed by atoms with Crippen LogP contribution in [0.5, 0.6) is 0 Å². The Morgan fingerprint density at radius 1 is 1.38 bits per heavy atom. The number of fused-ring (bicyclic) bond motifs is 1. The van der Waals surface area contributed by atoms with E-state index in [2.05, 4.69) is 23.8 Å². The Balaban J connectivity index is 1.80. The van der Waals surface area contributed by atoms with Crippen molar-refractivity contribution in [2.24, 2.45) is 11.8 Å². The average Bonchev–Trinajstić information content (AvgIpc) is 3.04. The van der Waals surface area contributed by atoms with E-state index >= 15 is 0 Å². The quantitative estimate of drug-likeness (QED) is 0.675. The largest absolute Gasteiger partial charge is 0.383 e. The van der Waals surface area contributed by atoms with Gasteiger partial charge in [-0.2, -0.15) is 0 Å². The molecular formula is C20H30FN5O3. The molecule has 2 fully saturated rings. The highest BCUT2D eigenvalue weighted by molar-refractivity contribution is 5.86. The molecule has 0 bridgehead atoms. The van der Waals surface area contributed by atoms with Gasteiger partial charge in [0.05, 0.1) is 31.0 Å². The minimum Gasteiger partial charge on any atom is -0.383 e. The first-order valence-electron chi connectivity index (χ1n) is 10.1. The number of hydrogen-bond acceptors (Lipinski definition) is 6. The lowest BCUT2D eigenvalue weighted by Gasteiger charge is -2.40. The van der Waals surface area contributed by atoms with Crippen LogP contribution in [0, 0.1) is 17.7 Å². The van der Waals surface area contributed by atoms with Crippen LogP contribution in [-0.4, -0.2) is 84.1 Å². The highest BCUT2D eigenvalue weighted by Gasteiger charge is 2.50. The SMILES string of the molecule is COCCN(C)C(=O)[C@@H]1C[C@@H]2CN(c3ncc(F)cn3)CC(=O)N2[C@@H]1CC(C)C. The number of carbonyl (C=O) groups is 2. The van der Waals surface area contributed by atoms with Gasteiger partial charge in [0, 0.05) is 33.3 Å². The molecule has 0 unspecified atom stereocenters. The standard InChI is InChI=1S/C20H30FN5O3/c1-13(2)7-17-16(19(28)24(3)5-6-29-4)8-15-11-25(12-18(27)26(15)17)20-22-9-14(21)10-23-20/h9-10,13,15-17H,5-8,11-12H2,1-4H3/t15-,16-,17-/m1/s1. The van der Waals surface area contributed by atoms with Crippen molar-refractivity contribution in [3.05, 3.63) is 18.2 Å². The lowest BCUT2D eigenvalue weighted by molar-refractivity contribution is -0.138. The van der Waals surface area contributed by atoms with Crippen molar-refractivity contribution in [3.8, 4) is 0 Å². The summed E-state index contributed by atoms with van der Waals surface area (Å²) in [7, 11) is 3.39. The maximum absolute atomic E-state index is 13.2. The number of piperazine rings is 1. The number of anilines is 1. The van der Waals surface area contributed by atoms with Crippen LogP contribution in [0.2, 0.25) is 0 Å². The fraction of sp³-hybridized carbons (Fsp3) is 0.700. The Kier molecular flexibility index (Phi) is 6.66. The first kappa shape index (κ1) is 21.4. The molecule has 0 spiro atoms. The summed E-state index contributed by atoms with van der Waals surface area (Å²) in [6, 6.07) is -0.195. The van der Waals surface area contributed by atoms with E-state index in [1.165, 1.54) is 0 Å². The Labute approximate surface area is 171 Å². The highest BCUT2D eigenvalue weighted by atomic mass is 19.1. The maximum Gasteiger partial charge on any atom is 0.242 e. The lowest BCUT2D eigenvalue weighted by Crippen LogP contribution is -2.57. The summed E-state index contributed by atoms with van der Waals surface area (Å²) in [6.07, 6.45) is 3.60. The minimum absolute atomic E-state index is 0.0327. The Bertz CT molecular complexity index is 729. The van der Waals surface area contributed by atoms with Gasteiger partial charge < -0.3 is 19.4 Å². The molecule has 2 amide bonds. The number of ether oxygens (including phenoxy) is 1. The van der Waals surface area contributed by atoms with Crippen molar-refractivity contribution >= 4 is 17.8 Å². The second-order valence-corrected chi connectivity index (χ2v) is 8.33. The third kappa shape index (κ3) is 4.66. The predicted octanol–water partition coefficient (Wildman–Crippen LogP) is 1.17. The van der Waals surface area contributed by atoms with E-state index in [0.717, 1.165) is 18.8 Å². The highest BCUT2D eigenvalue weighted by Crippen LogP contribution is 2.37. The van der Waals surface area contributed by atoms with Gasteiger partial charge in [0.25, 0.3) is 0 Å². The number of carbonyl (C=O) groups excluding carboxylic acids is 2. The molecule has 0 saturated carbocycles. The van der Waals surface area contributed by atoms with E-state index < -0.39 is 5.82 Å². The number of methoxy groups -OCH3 is 1. The van der Waals surface area contributed by atoms with E-state index in [1.54, 1.807) is 24.0 Å². The molecule has 0 N–H and O–H groups in total. The Morgan fingerprint density at radius 2 is 2.07 bits per heavy atom. The van der Waals surface area contributed by atoms with E-state index in [4.69, 9.17) is 4.74 Å². The van der Waals surface area contributed by atoms with Crippen LogP contribution in [0.1, 0.15) is 26.7 Å². The van der Waals surface area contributed by atoms with Crippen molar-refractivity contribution in [1.82, 2.24) is 19.8 Å². The van der Waals surface area contributed by atoms with Gasteiger partial charge in [-0.15, -0.1) is 0 Å². The molecule has 3 heterocycles. The smallest absolute Gasteiger partial charge is 0.242 e. The van der Waals surface area contributed by atoms with Gasteiger partial charge in [0.15, 0.2) is 5.82 Å². The molecule has 29 heavy (non-hydrogen) atoms. The zero-order valence-corrected chi connectivity index (χ0v) is 17.5. The predicted molar refractivity (Wildman–Crippen MR) is 106 cm³/mol. The average molecular weight is 407 g/mol. The molecule has 9 heteroatoms. The lowest BCUT2D eigenvalue weighted by atomic mass is 9.91. The van der Waals surface area contributed by atoms with E-state index in [-0.39, 0.29) is 36.4 Å². The van der Waals surface area contributed by atoms with Crippen LogP contribution in [-0.2, 0) is 14.3 Å². The summed E-state index contributed by atoms with van der Waals surface area (Å²) in [5.74, 6) is -0.0193. The van der Waals surface area contributed by atoms with Gasteiger partial charge in [0.1, 0.15) is 6.54 Å². The van der Waals surface area contributed by atoms with Crippen LogP contribution in [0.3, 0.4) is 0 Å². The molecule has 3 rings (SSSR count). The molecule has 2 saturated heterocycles. The molecule has 0 aliphatic carbocycles. The van der Waals surface area contributed by atoms with Crippen LogP contribution < -0.4 is 4.90 Å². The summed E-state index contributed by atoms with van der Waals surface area (Å²) in [4.78, 5) is 39.6. The summed E-state index contributed by atoms with van der Waals surface area (Å²) in [6.45, 7) is 5.89. The van der Waals surface area contributed by atoms with Crippen LogP contribution in [0.4, 0.5) is 10.3 Å². The number of hydrogen-bond donors (Lipinski definition) is 0. The maximum atomic E-state index is 13.2. The van der Waals surface area contributed by atoms with Gasteiger partial charge in [-0.1, -0.05) is 13.8 Å². The summed E-state index contributed by atoms with van der Waals surface area (Å²) < 4.78 is 18.2. The van der Waals surface area contributed by atoms with Crippen molar-refractivity contribution in [2.45, 2.75) is 38.8 Å². The van der Waals surface area contributed by atoms with Crippen molar-refractivity contribution < 1.29 is 18.7 Å². The molecule has 1 aromatic heterocycles. The fourth-order valence-electron chi connectivity index (χ4n) is 4.41. The van der Waals surface area contributed by atoms with Gasteiger partial charge in [0.2, 0.25) is 17.8 Å². The molecule has 8 nitrogen and oxygen atoms in total. The minimum atomic E-state index is -0.513. The zero-order chi connectivity index (χ0) is 21.1. The van der Waals surface area contributed by atoms with Crippen LogP contribution in [0.25, 0.3) is 0 Å². The first-order valence-corrected chi connectivity index (χ1v) is 10.1. The molecule has 2 aliphatic rings. The number of rotatable bonds is 7. The molecule has 0 aromatic carbocycles. The van der Waals surface area contributed by atoms with Gasteiger partial charge in [-0.25, -0.2) is 14.4 Å². The number of aromatic nitrogens is 2. The second-order valence-electron chi connectivity index (χ2n) is 8.33. The fourth-order valence-corrected chi connectivity index (χ4v) is 4.41. The molecule has 3 atom stereocenters. The summed E-state index contributed by atoms with van der Waals surface area (Å²) >= 11 is 0. The molecule has 2 aliphatic heterocycles. The second kappa shape index (κ2) is 9.02. The topological polar surface area (TPSA) is 78.9 Å². The number of likely N-dealkylation sites (N-methyl/N-ethyl adjacent to an activating group) is 1. The van der Waals surface area contributed by atoms with E-state index in [1.807, 2.05) is 4.90 Å². The molecule has 0 radical (unpaired) electrons. The zero-order valence-electron chi connectivity index (χ0n) is 17.5. The van der Waals surface area contributed by atoms with Gasteiger partial charge in [-0.05, 0) is 18.8 Å². The van der Waals surface area contributed by atoms with Gasteiger partial charge >= 0.3 is 0 Å². The van der Waals surface area contributed by atoms with Crippen molar-refractivity contribution in [2.75, 3.05) is 45.3 Å². The molecular weight excluding hydrogens is 377 g/mol. The Morgan fingerprint density at radius 3 is 2.69 bits per heavy atom. The summed E-state index contributed by atoms with van der Waals surface area (Å²) in [5, 5.41) is 0. The van der Waals surface area contributed by atoms with E-state index in [9.17, 15) is 14.0 Å². The van der Waals surface area contributed by atoms with Gasteiger partial charge in [-0.3, -0.25) is 9.59 Å². The number of halogens is 1. The first-order chi connectivity index (χ1) is 13.8. The van der Waals surface area contributed by atoms with Crippen LogP contribution >= 0.6 is 0 Å². The van der Waals surface area contributed by atoms with Crippen molar-refractivity contribution in [1.29, 1.82) is 0 Å². The Hall–Kier alpha value is -2.29. The third-order valence-corrected chi connectivity index (χ3v) is 5.71. The van der Waals surface area contributed by atoms with Crippen molar-refractivity contribution in [3.63, 3.8) is 0 Å².